The van der Waals surface area contributed by atoms with Gasteiger partial charge < -0.3 is 9.84 Å². The van der Waals surface area contributed by atoms with Gasteiger partial charge in [0.2, 0.25) is 11.8 Å². The van der Waals surface area contributed by atoms with Crippen molar-refractivity contribution in [2.45, 2.75) is 0 Å². The van der Waals surface area contributed by atoms with Crippen LogP contribution >= 0.6 is 0 Å². The Morgan fingerprint density at radius 3 is 2.85 bits per heavy atom. The first kappa shape index (κ1) is 7.86. The first-order valence-corrected chi connectivity index (χ1v) is 3.94. The second kappa shape index (κ2) is 2.94. The number of benzene rings is 1. The fourth-order valence-electron chi connectivity index (χ4n) is 1.31. The van der Waals surface area contributed by atoms with Gasteiger partial charge in [-0.15, -0.1) is 0 Å². The first-order chi connectivity index (χ1) is 6.31. The molecular formula is C10H9NO2. The molecule has 0 fully saturated rings. The third-order valence-corrected chi connectivity index (χ3v) is 1.89. The quantitative estimate of drug-likeness (QED) is 0.720. The summed E-state index contributed by atoms with van der Waals surface area (Å²) >= 11 is 0. The van der Waals surface area contributed by atoms with Crippen molar-refractivity contribution in [1.29, 1.82) is 0 Å². The minimum absolute atomic E-state index is 0.0180. The molecule has 0 aliphatic carbocycles. The van der Waals surface area contributed by atoms with E-state index in [1.54, 1.807) is 6.07 Å². The number of fused-ring (bicyclic) bond motifs is 1. The Labute approximate surface area is 75.6 Å². The van der Waals surface area contributed by atoms with Crippen molar-refractivity contribution in [2.24, 2.45) is 0 Å². The van der Waals surface area contributed by atoms with Gasteiger partial charge in [0, 0.05) is 11.5 Å². The number of nitrogens with zero attached hydrogens (tertiary/aromatic N) is 1. The summed E-state index contributed by atoms with van der Waals surface area (Å²) in [4.78, 5) is 3.85. The lowest BCUT2D eigenvalue weighted by Gasteiger charge is -2.03. The lowest BCUT2D eigenvalue weighted by atomic mass is 10.2. The van der Waals surface area contributed by atoms with Crippen LogP contribution in [0.4, 0.5) is 0 Å². The number of hydrogen-bond donors (Lipinski definition) is 1. The van der Waals surface area contributed by atoms with Crippen LogP contribution in [0.5, 0.6) is 11.8 Å². The summed E-state index contributed by atoms with van der Waals surface area (Å²) in [5.74, 6) is 0.436. The molecule has 0 aliphatic heterocycles. The molecule has 1 N–H and O–H groups in total. The van der Waals surface area contributed by atoms with E-state index in [0.29, 0.717) is 5.88 Å². The van der Waals surface area contributed by atoms with Gasteiger partial charge in [0.05, 0.1) is 7.11 Å². The van der Waals surface area contributed by atoms with E-state index in [0.717, 1.165) is 10.8 Å². The van der Waals surface area contributed by atoms with Gasteiger partial charge in [0.1, 0.15) is 0 Å². The maximum Gasteiger partial charge on any atom is 0.224 e. The molecule has 3 nitrogen and oxygen atoms in total. The van der Waals surface area contributed by atoms with Gasteiger partial charge in [-0.2, -0.15) is 4.98 Å². The van der Waals surface area contributed by atoms with E-state index in [2.05, 4.69) is 4.98 Å². The molecule has 0 amide bonds. The Morgan fingerprint density at radius 2 is 2.08 bits per heavy atom. The summed E-state index contributed by atoms with van der Waals surface area (Å²) < 4.78 is 5.04. The second-order valence-corrected chi connectivity index (χ2v) is 2.71. The SMILES string of the molecule is COc1nc(O)cc2ccccc12. The van der Waals surface area contributed by atoms with Crippen LogP contribution in [0.25, 0.3) is 10.8 Å². The van der Waals surface area contributed by atoms with E-state index in [1.165, 1.54) is 7.11 Å². The van der Waals surface area contributed by atoms with Crippen LogP contribution in [-0.2, 0) is 0 Å². The molecule has 0 atom stereocenters. The molecule has 0 bridgehead atoms. The molecule has 0 radical (unpaired) electrons. The van der Waals surface area contributed by atoms with E-state index < -0.39 is 0 Å². The van der Waals surface area contributed by atoms with Crippen molar-refractivity contribution in [3.8, 4) is 11.8 Å². The average molecular weight is 175 g/mol. The van der Waals surface area contributed by atoms with Crippen LogP contribution in [0.2, 0.25) is 0 Å². The summed E-state index contributed by atoms with van der Waals surface area (Å²) in [6.07, 6.45) is 0. The number of methoxy groups -OCH3 is 1. The van der Waals surface area contributed by atoms with Crippen LogP contribution in [0.3, 0.4) is 0 Å². The van der Waals surface area contributed by atoms with Crippen molar-refractivity contribution in [3.63, 3.8) is 0 Å². The van der Waals surface area contributed by atoms with E-state index in [4.69, 9.17) is 4.74 Å². The third kappa shape index (κ3) is 1.28. The van der Waals surface area contributed by atoms with Gasteiger partial charge in [-0.25, -0.2) is 0 Å². The van der Waals surface area contributed by atoms with Gasteiger partial charge in [-0.3, -0.25) is 0 Å². The summed E-state index contributed by atoms with van der Waals surface area (Å²) in [6, 6.07) is 9.22. The molecule has 0 saturated carbocycles. The summed E-state index contributed by atoms with van der Waals surface area (Å²) in [5, 5.41) is 11.1. The van der Waals surface area contributed by atoms with Crippen LogP contribution in [0.15, 0.2) is 30.3 Å². The molecule has 1 aromatic carbocycles. The molecule has 2 rings (SSSR count). The zero-order valence-electron chi connectivity index (χ0n) is 7.19. The van der Waals surface area contributed by atoms with Gasteiger partial charge in [0.15, 0.2) is 0 Å². The van der Waals surface area contributed by atoms with Crippen LogP contribution < -0.4 is 4.74 Å². The summed E-state index contributed by atoms with van der Waals surface area (Å²) in [7, 11) is 1.54. The predicted molar refractivity (Wildman–Crippen MR) is 50.0 cm³/mol. The Kier molecular flexibility index (Phi) is 1.77. The van der Waals surface area contributed by atoms with Crippen LogP contribution in [0, 0.1) is 0 Å². The minimum Gasteiger partial charge on any atom is -0.493 e. The maximum absolute atomic E-state index is 9.25. The summed E-state index contributed by atoms with van der Waals surface area (Å²) in [5.41, 5.74) is 0. The zero-order chi connectivity index (χ0) is 9.26. The van der Waals surface area contributed by atoms with E-state index in [9.17, 15) is 5.11 Å². The molecule has 1 aromatic heterocycles. The van der Waals surface area contributed by atoms with Gasteiger partial charge in [0.25, 0.3) is 0 Å². The number of ether oxygens (including phenoxy) is 1. The fourth-order valence-corrected chi connectivity index (χ4v) is 1.31. The number of aromatic nitrogens is 1. The zero-order valence-corrected chi connectivity index (χ0v) is 7.19. The fraction of sp³-hybridized carbons (Fsp3) is 0.100. The van der Waals surface area contributed by atoms with Crippen LogP contribution in [-0.4, -0.2) is 17.2 Å². The van der Waals surface area contributed by atoms with Crippen molar-refractivity contribution in [1.82, 2.24) is 4.98 Å². The van der Waals surface area contributed by atoms with Crippen molar-refractivity contribution < 1.29 is 9.84 Å². The molecule has 66 valence electrons. The number of aromatic hydroxyl groups is 1. The molecule has 1 heterocycles. The number of pyridine rings is 1. The maximum atomic E-state index is 9.25. The van der Waals surface area contributed by atoms with Crippen molar-refractivity contribution in [3.05, 3.63) is 30.3 Å². The normalized spacial score (nSPS) is 10.2. The van der Waals surface area contributed by atoms with Gasteiger partial charge in [-0.1, -0.05) is 18.2 Å². The van der Waals surface area contributed by atoms with E-state index in [1.807, 2.05) is 24.3 Å². The minimum atomic E-state index is -0.0180. The molecule has 3 heteroatoms. The summed E-state index contributed by atoms with van der Waals surface area (Å²) in [6.45, 7) is 0. The molecular weight excluding hydrogens is 166 g/mol. The van der Waals surface area contributed by atoms with Crippen molar-refractivity contribution in [2.75, 3.05) is 7.11 Å². The van der Waals surface area contributed by atoms with E-state index in [-0.39, 0.29) is 5.88 Å². The lowest BCUT2D eigenvalue weighted by molar-refractivity contribution is 0.385. The molecule has 0 unspecified atom stereocenters. The molecule has 0 aliphatic rings. The van der Waals surface area contributed by atoms with Gasteiger partial charge in [-0.05, 0) is 11.5 Å². The molecule has 13 heavy (non-hydrogen) atoms. The largest absolute Gasteiger partial charge is 0.493 e. The third-order valence-electron chi connectivity index (χ3n) is 1.89. The highest BCUT2D eigenvalue weighted by Crippen LogP contribution is 2.26. The number of rotatable bonds is 1. The monoisotopic (exact) mass is 175 g/mol. The Morgan fingerprint density at radius 1 is 1.31 bits per heavy atom. The Bertz CT molecular complexity index is 440. The molecule has 0 saturated heterocycles. The molecule has 2 aromatic rings. The number of hydrogen-bond acceptors (Lipinski definition) is 3. The van der Waals surface area contributed by atoms with E-state index >= 15 is 0 Å². The predicted octanol–water partition coefficient (Wildman–Crippen LogP) is 1.95. The highest BCUT2D eigenvalue weighted by Gasteiger charge is 2.03. The smallest absolute Gasteiger partial charge is 0.224 e. The first-order valence-electron chi connectivity index (χ1n) is 3.94. The average Bonchev–Trinajstić information content (AvgIpc) is 2.16. The van der Waals surface area contributed by atoms with Crippen LogP contribution in [0.1, 0.15) is 0 Å². The topological polar surface area (TPSA) is 42.4 Å². The molecule has 0 spiro atoms. The highest BCUT2D eigenvalue weighted by molar-refractivity contribution is 5.87. The highest BCUT2D eigenvalue weighted by atomic mass is 16.5. The Balaban J connectivity index is 2.81. The second-order valence-electron chi connectivity index (χ2n) is 2.71. The standard InChI is InChI=1S/C10H9NO2/c1-13-10-8-5-3-2-4-7(8)6-9(12)11-10/h2-6H,1H3,(H,11,12). The van der Waals surface area contributed by atoms with Gasteiger partial charge >= 0.3 is 0 Å². The Hall–Kier alpha value is -1.77. The van der Waals surface area contributed by atoms with Crippen molar-refractivity contribution >= 4 is 10.8 Å². The lowest BCUT2D eigenvalue weighted by Crippen LogP contribution is -1.88.